The van der Waals surface area contributed by atoms with Crippen LogP contribution in [0.5, 0.6) is 0 Å². The third-order valence-corrected chi connectivity index (χ3v) is 7.55. The Labute approximate surface area is 199 Å². The summed E-state index contributed by atoms with van der Waals surface area (Å²) in [5.74, 6) is 0.211. The van der Waals surface area contributed by atoms with Gasteiger partial charge >= 0.3 is 0 Å². The Morgan fingerprint density at radius 3 is 2.42 bits per heavy atom. The highest BCUT2D eigenvalue weighted by Gasteiger charge is 2.18. The second kappa shape index (κ2) is 8.92. The molecule has 0 bridgehead atoms. The van der Waals surface area contributed by atoms with E-state index in [2.05, 4.69) is 4.98 Å². The van der Waals surface area contributed by atoms with Crippen molar-refractivity contribution in [1.82, 2.24) is 14.5 Å². The number of ketones is 1. The number of hydrogen-bond donors (Lipinski definition) is 0. The molecule has 0 fully saturated rings. The second-order valence-corrected chi connectivity index (χ2v) is 9.93. The van der Waals surface area contributed by atoms with Crippen LogP contribution in [-0.4, -0.2) is 26.1 Å². The molecule has 0 aliphatic heterocycles. The lowest BCUT2D eigenvalue weighted by molar-refractivity contribution is 0.102. The Balaban J connectivity index is 1.57. The van der Waals surface area contributed by atoms with Crippen LogP contribution in [0.3, 0.4) is 0 Å². The Morgan fingerprint density at radius 1 is 1.00 bits per heavy atom. The third kappa shape index (κ3) is 4.34. The molecule has 7 heteroatoms. The molecule has 0 amide bonds. The van der Waals surface area contributed by atoms with E-state index in [-0.39, 0.29) is 17.1 Å². The number of carbonyl (C=O) groups is 1. The number of carbonyl (C=O) groups excluding carboxylic acids is 1. The number of aryl methyl sites for hydroxylation is 2. The van der Waals surface area contributed by atoms with E-state index < -0.39 is 0 Å². The molecule has 0 aliphatic carbocycles. The van der Waals surface area contributed by atoms with Gasteiger partial charge in [0.15, 0.2) is 10.9 Å². The van der Waals surface area contributed by atoms with Crippen molar-refractivity contribution in [3.63, 3.8) is 0 Å². The van der Waals surface area contributed by atoms with E-state index in [9.17, 15) is 9.59 Å². The molecule has 164 valence electrons. The summed E-state index contributed by atoms with van der Waals surface area (Å²) in [6.07, 6.45) is 1.72. The number of Topliss-reactive ketones (excluding diaryl/α,β-unsaturated/α-hetero) is 1. The fourth-order valence-electron chi connectivity index (χ4n) is 3.62. The summed E-state index contributed by atoms with van der Waals surface area (Å²) in [6.45, 7) is 4.42. The first kappa shape index (κ1) is 21.6. The first-order valence-electron chi connectivity index (χ1n) is 10.6. The number of aromatic nitrogens is 3. The Morgan fingerprint density at radius 2 is 1.70 bits per heavy atom. The van der Waals surface area contributed by atoms with Gasteiger partial charge in [0.1, 0.15) is 9.53 Å². The summed E-state index contributed by atoms with van der Waals surface area (Å²) < 4.78 is 2.26. The molecule has 5 nitrogen and oxygen atoms in total. The first-order chi connectivity index (χ1) is 16.0. The van der Waals surface area contributed by atoms with Gasteiger partial charge in [-0.1, -0.05) is 71.4 Å². The molecule has 0 N–H and O–H groups in total. The fourth-order valence-corrected chi connectivity index (χ4v) is 5.54. The molecule has 5 aromatic rings. The van der Waals surface area contributed by atoms with Gasteiger partial charge in [0.05, 0.1) is 17.8 Å². The van der Waals surface area contributed by atoms with E-state index >= 15 is 0 Å². The second-order valence-electron chi connectivity index (χ2n) is 7.99. The van der Waals surface area contributed by atoms with Crippen molar-refractivity contribution in [3.8, 4) is 0 Å². The van der Waals surface area contributed by atoms with Crippen LogP contribution < -0.4 is 5.56 Å². The van der Waals surface area contributed by atoms with Crippen LogP contribution in [0.1, 0.15) is 27.0 Å². The van der Waals surface area contributed by atoms with Gasteiger partial charge in [-0.25, -0.2) is 9.97 Å². The van der Waals surface area contributed by atoms with Crippen LogP contribution >= 0.6 is 23.1 Å². The molecule has 3 aromatic heterocycles. The number of nitrogens with zero attached hydrogens (tertiary/aromatic N) is 3. The zero-order chi connectivity index (χ0) is 22.9. The lowest BCUT2D eigenvalue weighted by Crippen LogP contribution is -2.23. The van der Waals surface area contributed by atoms with Gasteiger partial charge in [-0.3, -0.25) is 14.2 Å². The van der Waals surface area contributed by atoms with Crippen molar-refractivity contribution < 1.29 is 4.79 Å². The van der Waals surface area contributed by atoms with E-state index in [1.54, 1.807) is 10.8 Å². The Bertz CT molecular complexity index is 1530. The summed E-state index contributed by atoms with van der Waals surface area (Å²) in [5.41, 5.74) is 4.48. The number of benzene rings is 2. The predicted molar refractivity (Wildman–Crippen MR) is 136 cm³/mol. The summed E-state index contributed by atoms with van der Waals surface area (Å²) >= 11 is 2.67. The predicted octanol–water partition coefficient (Wildman–Crippen LogP) is 5.65. The van der Waals surface area contributed by atoms with Gasteiger partial charge < -0.3 is 0 Å². The fraction of sp³-hybridized carbons (Fsp3) is 0.154. The van der Waals surface area contributed by atoms with Gasteiger partial charge in [0.2, 0.25) is 0 Å². The van der Waals surface area contributed by atoms with Gasteiger partial charge in [0.25, 0.3) is 5.56 Å². The highest BCUT2D eigenvalue weighted by Crippen LogP contribution is 2.31. The van der Waals surface area contributed by atoms with E-state index in [1.165, 1.54) is 23.1 Å². The largest absolute Gasteiger partial charge is 0.293 e. The molecule has 2 aromatic carbocycles. The highest BCUT2D eigenvalue weighted by molar-refractivity contribution is 7.99. The Kier molecular flexibility index (Phi) is 5.83. The molecule has 0 unspecified atom stereocenters. The average Bonchev–Trinajstić information content (AvgIpc) is 3.20. The highest BCUT2D eigenvalue weighted by atomic mass is 32.2. The molecule has 5 rings (SSSR count). The van der Waals surface area contributed by atoms with E-state index in [0.29, 0.717) is 27.5 Å². The monoisotopic (exact) mass is 471 g/mol. The lowest BCUT2D eigenvalue weighted by Gasteiger charge is -2.12. The molecule has 0 atom stereocenters. The van der Waals surface area contributed by atoms with Gasteiger partial charge in [-0.05, 0) is 31.5 Å². The van der Waals surface area contributed by atoms with Crippen LogP contribution in [0.25, 0.3) is 20.4 Å². The van der Waals surface area contributed by atoms with E-state index in [0.717, 1.165) is 26.9 Å². The maximum Gasteiger partial charge on any atom is 0.272 e. The molecular weight excluding hydrogens is 450 g/mol. The van der Waals surface area contributed by atoms with Crippen LogP contribution in [0.4, 0.5) is 0 Å². The third-order valence-electron chi connectivity index (χ3n) is 5.49. The molecule has 0 saturated carbocycles. The van der Waals surface area contributed by atoms with Crippen molar-refractivity contribution >= 4 is 49.3 Å². The smallest absolute Gasteiger partial charge is 0.272 e. The summed E-state index contributed by atoms with van der Waals surface area (Å²) in [4.78, 5) is 36.4. The zero-order valence-corrected chi connectivity index (χ0v) is 19.9. The molecular formula is C26H21N3O2S2. The molecule has 33 heavy (non-hydrogen) atoms. The Hall–Kier alpha value is -3.29. The topological polar surface area (TPSA) is 64.8 Å². The number of rotatable bonds is 6. The lowest BCUT2D eigenvalue weighted by atomic mass is 10.1. The van der Waals surface area contributed by atoms with Crippen LogP contribution in [0, 0.1) is 13.8 Å². The van der Waals surface area contributed by atoms with E-state index in [1.807, 2.05) is 74.5 Å². The van der Waals surface area contributed by atoms with Crippen LogP contribution in [0.15, 0.2) is 76.8 Å². The van der Waals surface area contributed by atoms with Crippen molar-refractivity contribution in [2.24, 2.45) is 0 Å². The summed E-state index contributed by atoms with van der Waals surface area (Å²) in [5, 5.41) is 1.40. The maximum absolute atomic E-state index is 13.5. The van der Waals surface area contributed by atoms with Gasteiger partial charge in [-0.15, -0.1) is 11.3 Å². The normalized spacial score (nSPS) is 11.3. The minimum atomic E-state index is -0.103. The van der Waals surface area contributed by atoms with Crippen LogP contribution in [0.2, 0.25) is 0 Å². The zero-order valence-electron chi connectivity index (χ0n) is 18.2. The van der Waals surface area contributed by atoms with Gasteiger partial charge in [0, 0.05) is 17.1 Å². The minimum absolute atomic E-state index is 0.00748. The molecule has 3 heterocycles. The molecule has 0 radical (unpaired) electrons. The maximum atomic E-state index is 13.5. The van der Waals surface area contributed by atoms with Crippen molar-refractivity contribution in [1.29, 1.82) is 0 Å². The SMILES string of the molecule is Cc1ccc(Cn2c(SCC(=O)c3ccc(C)cc3)nc3c(sc4ncccc43)c2=O)cc1. The number of hydrogen-bond acceptors (Lipinski definition) is 6. The molecule has 0 saturated heterocycles. The van der Waals surface area contributed by atoms with Crippen molar-refractivity contribution in [3.05, 3.63) is 99.5 Å². The van der Waals surface area contributed by atoms with Gasteiger partial charge in [-0.2, -0.15) is 0 Å². The standard InChI is InChI=1S/C26H21N3O2S2/c1-16-5-9-18(10-6-16)14-29-25(31)23-22(20-4-3-13-27-24(20)33-23)28-26(29)32-15-21(30)19-11-7-17(2)8-12-19/h3-13H,14-15H2,1-2H3. The quantitative estimate of drug-likeness (QED) is 0.182. The minimum Gasteiger partial charge on any atom is -0.293 e. The number of pyridine rings is 1. The first-order valence-corrected chi connectivity index (χ1v) is 12.4. The van der Waals surface area contributed by atoms with Crippen LogP contribution in [-0.2, 0) is 6.54 Å². The van der Waals surface area contributed by atoms with Crippen molar-refractivity contribution in [2.75, 3.05) is 5.75 Å². The number of fused-ring (bicyclic) bond motifs is 3. The summed E-state index contributed by atoms with van der Waals surface area (Å²) in [7, 11) is 0. The molecule has 0 aliphatic rings. The summed E-state index contributed by atoms with van der Waals surface area (Å²) in [6, 6.07) is 19.4. The number of thioether (sulfide) groups is 1. The number of thiophene rings is 1. The average molecular weight is 472 g/mol. The molecule has 0 spiro atoms. The van der Waals surface area contributed by atoms with Crippen molar-refractivity contribution in [2.45, 2.75) is 25.5 Å². The van der Waals surface area contributed by atoms with E-state index in [4.69, 9.17) is 4.98 Å².